The van der Waals surface area contributed by atoms with Crippen molar-refractivity contribution in [3.05, 3.63) is 36.2 Å². The molecule has 0 aliphatic rings. The van der Waals surface area contributed by atoms with E-state index in [0.29, 0.717) is 5.56 Å². The van der Waals surface area contributed by atoms with E-state index in [9.17, 15) is 4.79 Å². The number of aromatic carboxylic acids is 1. The van der Waals surface area contributed by atoms with Crippen molar-refractivity contribution in [1.82, 2.24) is 9.78 Å². The fourth-order valence-corrected chi connectivity index (χ4v) is 1.84. The molecule has 2 aromatic rings. The molecule has 0 fully saturated rings. The summed E-state index contributed by atoms with van der Waals surface area (Å²) in [5.41, 5.74) is 1.47. The first-order chi connectivity index (χ1) is 8.97. The third-order valence-electron chi connectivity index (χ3n) is 2.57. The number of carboxylic acid groups (broad SMARTS) is 1. The molecule has 0 radical (unpaired) electrons. The Morgan fingerprint density at radius 3 is 2.47 bits per heavy atom. The minimum Gasteiger partial charge on any atom is -0.491 e. The summed E-state index contributed by atoms with van der Waals surface area (Å²) in [6, 6.07) is 7.32. The lowest BCUT2D eigenvalue weighted by Crippen LogP contribution is -2.05. The highest BCUT2D eigenvalue weighted by atomic mass is 16.5. The Bertz CT molecular complexity index is 585. The van der Waals surface area contributed by atoms with Crippen LogP contribution in [0.1, 0.15) is 24.3 Å². The second-order valence-corrected chi connectivity index (χ2v) is 4.56. The second kappa shape index (κ2) is 5.14. The van der Waals surface area contributed by atoms with Crippen molar-refractivity contribution in [2.24, 2.45) is 7.05 Å². The Morgan fingerprint density at radius 1 is 1.32 bits per heavy atom. The molecule has 0 aliphatic heterocycles. The van der Waals surface area contributed by atoms with E-state index in [4.69, 9.17) is 9.84 Å². The van der Waals surface area contributed by atoms with Gasteiger partial charge in [0, 0.05) is 18.8 Å². The molecule has 0 spiro atoms. The molecule has 2 rings (SSSR count). The fourth-order valence-electron chi connectivity index (χ4n) is 1.84. The predicted molar refractivity (Wildman–Crippen MR) is 71.4 cm³/mol. The molecule has 100 valence electrons. The van der Waals surface area contributed by atoms with Crippen molar-refractivity contribution >= 4 is 5.97 Å². The molecular formula is C14H16N2O3. The number of carbonyl (C=O) groups is 1. The summed E-state index contributed by atoms with van der Waals surface area (Å²) < 4.78 is 7.05. The number of hydrogen-bond acceptors (Lipinski definition) is 3. The van der Waals surface area contributed by atoms with Crippen LogP contribution in [-0.2, 0) is 7.05 Å². The van der Waals surface area contributed by atoms with Crippen molar-refractivity contribution in [2.75, 3.05) is 0 Å². The molecule has 1 heterocycles. The van der Waals surface area contributed by atoms with E-state index in [1.165, 1.54) is 4.68 Å². The number of carboxylic acids is 1. The summed E-state index contributed by atoms with van der Waals surface area (Å²) in [7, 11) is 1.70. The quantitative estimate of drug-likeness (QED) is 0.917. The SMILES string of the molecule is CC(C)Oc1ccc(-c2cn(C)nc2C(=O)O)cc1. The molecule has 0 saturated heterocycles. The highest BCUT2D eigenvalue weighted by Crippen LogP contribution is 2.25. The summed E-state index contributed by atoms with van der Waals surface area (Å²) >= 11 is 0. The van der Waals surface area contributed by atoms with Crippen LogP contribution in [0.4, 0.5) is 0 Å². The minimum atomic E-state index is -1.03. The van der Waals surface area contributed by atoms with Gasteiger partial charge in [0.15, 0.2) is 5.69 Å². The van der Waals surface area contributed by atoms with Crippen LogP contribution in [0.5, 0.6) is 5.75 Å². The average Bonchev–Trinajstić information content (AvgIpc) is 2.72. The number of hydrogen-bond donors (Lipinski definition) is 1. The number of aromatic nitrogens is 2. The first-order valence-corrected chi connectivity index (χ1v) is 6.01. The molecule has 1 N–H and O–H groups in total. The lowest BCUT2D eigenvalue weighted by Gasteiger charge is -2.09. The molecule has 0 bridgehead atoms. The standard InChI is InChI=1S/C14H16N2O3/c1-9(2)19-11-6-4-10(5-7-11)12-8-16(3)15-13(12)14(17)18/h4-9H,1-3H3,(H,17,18). The summed E-state index contributed by atoms with van der Waals surface area (Å²) in [6.45, 7) is 3.91. The smallest absolute Gasteiger partial charge is 0.357 e. The molecule has 5 nitrogen and oxygen atoms in total. The van der Waals surface area contributed by atoms with E-state index in [-0.39, 0.29) is 11.8 Å². The summed E-state index contributed by atoms with van der Waals surface area (Å²) in [5.74, 6) is -0.266. The maximum atomic E-state index is 11.1. The van der Waals surface area contributed by atoms with E-state index < -0.39 is 5.97 Å². The monoisotopic (exact) mass is 260 g/mol. The van der Waals surface area contributed by atoms with Crippen LogP contribution in [0, 0.1) is 0 Å². The molecule has 19 heavy (non-hydrogen) atoms. The van der Waals surface area contributed by atoms with Crippen LogP contribution in [0.15, 0.2) is 30.5 Å². The van der Waals surface area contributed by atoms with Gasteiger partial charge in [-0.15, -0.1) is 0 Å². The second-order valence-electron chi connectivity index (χ2n) is 4.56. The summed E-state index contributed by atoms with van der Waals surface area (Å²) in [6.07, 6.45) is 1.81. The Labute approximate surface area is 111 Å². The van der Waals surface area contributed by atoms with Crippen molar-refractivity contribution in [3.63, 3.8) is 0 Å². The number of aryl methyl sites for hydroxylation is 1. The van der Waals surface area contributed by atoms with E-state index >= 15 is 0 Å². The molecule has 0 atom stereocenters. The maximum absolute atomic E-state index is 11.1. The molecule has 1 aromatic heterocycles. The highest BCUT2D eigenvalue weighted by molar-refractivity contribution is 5.93. The number of rotatable bonds is 4. The molecule has 0 unspecified atom stereocenters. The maximum Gasteiger partial charge on any atom is 0.357 e. The van der Waals surface area contributed by atoms with Gasteiger partial charge in [0.1, 0.15) is 5.75 Å². The van der Waals surface area contributed by atoms with E-state index in [1.54, 1.807) is 13.2 Å². The Balaban J connectivity index is 2.34. The Morgan fingerprint density at radius 2 is 1.95 bits per heavy atom. The van der Waals surface area contributed by atoms with E-state index in [0.717, 1.165) is 11.3 Å². The van der Waals surface area contributed by atoms with Gasteiger partial charge in [-0.05, 0) is 31.5 Å². The molecule has 1 aromatic carbocycles. The van der Waals surface area contributed by atoms with Crippen molar-refractivity contribution in [1.29, 1.82) is 0 Å². The molecule has 0 amide bonds. The zero-order valence-corrected chi connectivity index (χ0v) is 11.1. The van der Waals surface area contributed by atoms with Crippen molar-refractivity contribution in [3.8, 4) is 16.9 Å². The molecule has 0 aliphatic carbocycles. The average molecular weight is 260 g/mol. The normalized spacial score (nSPS) is 10.7. The number of nitrogens with zero attached hydrogens (tertiary/aromatic N) is 2. The van der Waals surface area contributed by atoms with Crippen LogP contribution in [-0.4, -0.2) is 27.0 Å². The van der Waals surface area contributed by atoms with Gasteiger partial charge in [-0.25, -0.2) is 4.79 Å². The summed E-state index contributed by atoms with van der Waals surface area (Å²) in [5, 5.41) is 13.1. The van der Waals surface area contributed by atoms with Crippen molar-refractivity contribution in [2.45, 2.75) is 20.0 Å². The van der Waals surface area contributed by atoms with Crippen LogP contribution >= 0.6 is 0 Å². The van der Waals surface area contributed by atoms with E-state index in [2.05, 4.69) is 5.10 Å². The van der Waals surface area contributed by atoms with Gasteiger partial charge < -0.3 is 9.84 Å². The van der Waals surface area contributed by atoms with Crippen LogP contribution in [0.2, 0.25) is 0 Å². The van der Waals surface area contributed by atoms with Gasteiger partial charge in [0.05, 0.1) is 6.10 Å². The van der Waals surface area contributed by atoms with Gasteiger partial charge in [-0.1, -0.05) is 12.1 Å². The van der Waals surface area contributed by atoms with Gasteiger partial charge in [0.2, 0.25) is 0 Å². The molecule has 5 heteroatoms. The summed E-state index contributed by atoms with van der Waals surface area (Å²) in [4.78, 5) is 11.1. The first-order valence-electron chi connectivity index (χ1n) is 6.01. The van der Waals surface area contributed by atoms with E-state index in [1.807, 2.05) is 38.1 Å². The van der Waals surface area contributed by atoms with Gasteiger partial charge in [-0.3, -0.25) is 4.68 Å². The van der Waals surface area contributed by atoms with Crippen LogP contribution in [0.25, 0.3) is 11.1 Å². The van der Waals surface area contributed by atoms with Crippen LogP contribution < -0.4 is 4.74 Å². The van der Waals surface area contributed by atoms with Gasteiger partial charge >= 0.3 is 5.97 Å². The lowest BCUT2D eigenvalue weighted by atomic mass is 10.1. The third-order valence-corrected chi connectivity index (χ3v) is 2.57. The largest absolute Gasteiger partial charge is 0.491 e. The Hall–Kier alpha value is -2.30. The zero-order valence-electron chi connectivity index (χ0n) is 11.1. The number of ether oxygens (including phenoxy) is 1. The predicted octanol–water partition coefficient (Wildman–Crippen LogP) is 2.57. The lowest BCUT2D eigenvalue weighted by molar-refractivity contribution is 0.0690. The molecule has 0 saturated carbocycles. The van der Waals surface area contributed by atoms with Crippen LogP contribution in [0.3, 0.4) is 0 Å². The third kappa shape index (κ3) is 2.93. The minimum absolute atomic E-state index is 0.0556. The fraction of sp³-hybridized carbons (Fsp3) is 0.286. The van der Waals surface area contributed by atoms with Gasteiger partial charge in [-0.2, -0.15) is 5.10 Å². The highest BCUT2D eigenvalue weighted by Gasteiger charge is 2.16. The van der Waals surface area contributed by atoms with Crippen molar-refractivity contribution < 1.29 is 14.6 Å². The zero-order chi connectivity index (χ0) is 14.0. The molecular weight excluding hydrogens is 244 g/mol. The van der Waals surface area contributed by atoms with Gasteiger partial charge in [0.25, 0.3) is 0 Å². The Kier molecular flexibility index (Phi) is 3.55. The number of benzene rings is 1. The first kappa shape index (κ1) is 13.1. The topological polar surface area (TPSA) is 64.4 Å².